The minimum absolute atomic E-state index is 0.0438. The van der Waals surface area contributed by atoms with Crippen molar-refractivity contribution in [2.75, 3.05) is 18.5 Å². The number of nitrogens with zero attached hydrogens (tertiary/aromatic N) is 2. The van der Waals surface area contributed by atoms with Crippen LogP contribution in [0.2, 0.25) is 0 Å². The van der Waals surface area contributed by atoms with Crippen molar-refractivity contribution in [2.24, 2.45) is 0 Å². The maximum Gasteiger partial charge on any atom is 0.336 e. The lowest BCUT2D eigenvalue weighted by Gasteiger charge is -2.31. The van der Waals surface area contributed by atoms with E-state index in [1.54, 1.807) is 25.3 Å². The number of ether oxygens (including phenoxy) is 2. The van der Waals surface area contributed by atoms with E-state index in [1.165, 1.54) is 0 Å². The summed E-state index contributed by atoms with van der Waals surface area (Å²) in [6.45, 7) is 4.00. The number of pyridine rings is 1. The first-order valence-corrected chi connectivity index (χ1v) is 9.90. The molecule has 1 atom stereocenters. The van der Waals surface area contributed by atoms with Gasteiger partial charge in [0.05, 0.1) is 53.5 Å². The van der Waals surface area contributed by atoms with Crippen molar-refractivity contribution in [3.8, 4) is 17.9 Å². The number of aromatic nitrogens is 1. The lowest BCUT2D eigenvalue weighted by atomic mass is 9.79. The van der Waals surface area contributed by atoms with Crippen molar-refractivity contribution < 1.29 is 14.3 Å². The Labute approximate surface area is 178 Å². The number of allylic oxidation sites excluding steroid dienone is 1. The Bertz CT molecular complexity index is 1260. The Balaban J connectivity index is 1.95. The van der Waals surface area contributed by atoms with E-state index in [2.05, 4.69) is 16.4 Å². The van der Waals surface area contributed by atoms with Crippen LogP contribution in [0.25, 0.3) is 0 Å². The molecule has 8 heteroatoms. The van der Waals surface area contributed by atoms with Gasteiger partial charge in [-0.2, -0.15) is 10.5 Å². The van der Waals surface area contributed by atoms with Gasteiger partial charge in [-0.3, -0.25) is 4.79 Å². The zero-order chi connectivity index (χ0) is 22.1. The quantitative estimate of drug-likeness (QED) is 0.579. The van der Waals surface area contributed by atoms with Crippen LogP contribution in [0.1, 0.15) is 47.1 Å². The number of anilines is 1. The first-order chi connectivity index (χ1) is 15.0. The maximum atomic E-state index is 13.1. The van der Waals surface area contributed by atoms with E-state index in [0.717, 1.165) is 11.1 Å². The number of fused-ring (bicyclic) bond motifs is 2. The van der Waals surface area contributed by atoms with Crippen LogP contribution in [0.5, 0.6) is 5.75 Å². The fourth-order valence-electron chi connectivity index (χ4n) is 4.21. The number of H-pyrrole nitrogens is 1. The molecule has 1 unspecified atom stereocenters. The molecule has 0 spiro atoms. The third kappa shape index (κ3) is 3.32. The minimum Gasteiger partial charge on any atom is -0.493 e. The summed E-state index contributed by atoms with van der Waals surface area (Å²) >= 11 is 0. The summed E-state index contributed by atoms with van der Waals surface area (Å²) in [5.41, 5.74) is 4.29. The fourth-order valence-corrected chi connectivity index (χ4v) is 4.21. The van der Waals surface area contributed by atoms with Crippen LogP contribution in [0.15, 0.2) is 34.4 Å². The molecule has 0 aliphatic carbocycles. The first-order valence-electron chi connectivity index (χ1n) is 9.90. The topological polar surface area (TPSA) is 128 Å². The number of nitriles is 2. The zero-order valence-corrected chi connectivity index (χ0v) is 17.2. The van der Waals surface area contributed by atoms with Gasteiger partial charge in [0.2, 0.25) is 0 Å². The SMILES string of the molecule is CC1=C(C(=O)OCCC#N)C(c2ccc(C#N)c3c2OCC3)c2c(c(C)c[nH]c2=O)N1. The largest absolute Gasteiger partial charge is 0.493 e. The number of nitrogens with one attached hydrogen (secondary N) is 2. The lowest BCUT2D eigenvalue weighted by molar-refractivity contribution is -0.139. The number of hydrogen-bond donors (Lipinski definition) is 2. The van der Waals surface area contributed by atoms with Crippen molar-refractivity contribution in [1.29, 1.82) is 10.5 Å². The second kappa shape index (κ2) is 8.00. The van der Waals surface area contributed by atoms with Gasteiger partial charge < -0.3 is 19.8 Å². The molecule has 0 saturated carbocycles. The average Bonchev–Trinajstić information content (AvgIpc) is 3.25. The van der Waals surface area contributed by atoms with Gasteiger partial charge in [-0.05, 0) is 25.5 Å². The molecule has 0 amide bonds. The minimum atomic E-state index is -0.742. The maximum absolute atomic E-state index is 13.1. The van der Waals surface area contributed by atoms with Crippen molar-refractivity contribution in [2.45, 2.75) is 32.6 Å². The molecule has 2 aliphatic heterocycles. The van der Waals surface area contributed by atoms with Gasteiger partial charge in [-0.15, -0.1) is 0 Å². The van der Waals surface area contributed by atoms with E-state index in [-0.39, 0.29) is 24.2 Å². The average molecular weight is 416 g/mol. The van der Waals surface area contributed by atoms with Crippen molar-refractivity contribution in [3.05, 3.63) is 67.8 Å². The van der Waals surface area contributed by atoms with Crippen LogP contribution in [-0.2, 0) is 16.0 Å². The van der Waals surface area contributed by atoms with E-state index in [4.69, 9.17) is 14.7 Å². The molecule has 4 rings (SSSR count). The molecule has 3 heterocycles. The van der Waals surface area contributed by atoms with Crippen LogP contribution >= 0.6 is 0 Å². The molecular formula is C23H20N4O4. The molecule has 156 valence electrons. The predicted molar refractivity (Wildman–Crippen MR) is 112 cm³/mol. The van der Waals surface area contributed by atoms with Crippen LogP contribution in [0.4, 0.5) is 5.69 Å². The zero-order valence-electron chi connectivity index (χ0n) is 17.2. The standard InChI is InChI=1S/C23H20N4O4/c1-12-11-26-22(28)19-18(16-5-4-14(10-25)15-6-9-30-21(15)16)17(13(2)27-20(12)19)23(29)31-8-3-7-24/h4-5,11,18,27H,3,6,8-9H2,1-2H3,(H,26,28). The second-order valence-corrected chi connectivity index (χ2v) is 7.45. The number of carbonyl (C=O) groups is 1. The molecule has 0 radical (unpaired) electrons. The van der Waals surface area contributed by atoms with Gasteiger partial charge in [0, 0.05) is 29.4 Å². The highest BCUT2D eigenvalue weighted by atomic mass is 16.5. The van der Waals surface area contributed by atoms with E-state index >= 15 is 0 Å². The van der Waals surface area contributed by atoms with E-state index in [9.17, 15) is 14.9 Å². The summed E-state index contributed by atoms with van der Waals surface area (Å²) in [6, 6.07) is 7.56. The lowest BCUT2D eigenvalue weighted by Crippen LogP contribution is -2.30. The predicted octanol–water partition coefficient (Wildman–Crippen LogP) is 2.78. The molecule has 8 nitrogen and oxygen atoms in total. The number of carbonyl (C=O) groups excluding carboxylic acids is 1. The number of rotatable bonds is 4. The highest BCUT2D eigenvalue weighted by Crippen LogP contribution is 2.47. The summed E-state index contributed by atoms with van der Waals surface area (Å²) < 4.78 is 11.2. The molecule has 0 saturated heterocycles. The monoisotopic (exact) mass is 416 g/mol. The molecule has 0 fully saturated rings. The number of esters is 1. The first kappa shape index (κ1) is 20.2. The summed E-state index contributed by atoms with van der Waals surface area (Å²) in [7, 11) is 0. The van der Waals surface area contributed by atoms with E-state index in [0.29, 0.717) is 46.9 Å². The van der Waals surface area contributed by atoms with Gasteiger partial charge >= 0.3 is 5.97 Å². The fraction of sp³-hybridized carbons (Fsp3) is 0.304. The number of aryl methyl sites for hydroxylation is 1. The summed E-state index contributed by atoms with van der Waals surface area (Å²) in [6.07, 6.45) is 2.27. The Morgan fingerprint density at radius 2 is 2.13 bits per heavy atom. The van der Waals surface area contributed by atoms with Crippen LogP contribution in [0, 0.1) is 29.6 Å². The Morgan fingerprint density at radius 3 is 2.87 bits per heavy atom. The van der Waals surface area contributed by atoms with E-state index in [1.807, 2.05) is 13.0 Å². The number of hydrogen-bond acceptors (Lipinski definition) is 7. The van der Waals surface area contributed by atoms with Gasteiger partial charge in [0.25, 0.3) is 5.56 Å². The third-order valence-electron chi connectivity index (χ3n) is 5.61. The van der Waals surface area contributed by atoms with Crippen LogP contribution in [-0.4, -0.2) is 24.2 Å². The molecule has 0 bridgehead atoms. The molecule has 2 N–H and O–H groups in total. The summed E-state index contributed by atoms with van der Waals surface area (Å²) in [5, 5.41) is 21.4. The summed E-state index contributed by atoms with van der Waals surface area (Å²) in [5.74, 6) is -0.810. The normalized spacial score (nSPS) is 16.3. The van der Waals surface area contributed by atoms with E-state index < -0.39 is 11.9 Å². The summed E-state index contributed by atoms with van der Waals surface area (Å²) in [4.78, 5) is 28.8. The van der Waals surface area contributed by atoms with Crippen LogP contribution < -0.4 is 15.6 Å². The number of benzene rings is 1. The smallest absolute Gasteiger partial charge is 0.336 e. The van der Waals surface area contributed by atoms with Crippen LogP contribution in [0.3, 0.4) is 0 Å². The van der Waals surface area contributed by atoms with Crippen molar-refractivity contribution >= 4 is 11.7 Å². The molecule has 1 aromatic heterocycles. The molecule has 1 aromatic carbocycles. The van der Waals surface area contributed by atoms with Gasteiger partial charge in [0.15, 0.2) is 0 Å². The molecular weight excluding hydrogens is 396 g/mol. The number of aromatic amines is 1. The molecule has 2 aliphatic rings. The Hall–Kier alpha value is -4.04. The highest BCUT2D eigenvalue weighted by molar-refractivity contribution is 5.95. The van der Waals surface area contributed by atoms with Crippen molar-refractivity contribution in [3.63, 3.8) is 0 Å². The second-order valence-electron chi connectivity index (χ2n) is 7.45. The molecule has 2 aromatic rings. The Kier molecular flexibility index (Phi) is 5.22. The van der Waals surface area contributed by atoms with Gasteiger partial charge in [0.1, 0.15) is 12.4 Å². The molecule has 31 heavy (non-hydrogen) atoms. The Morgan fingerprint density at radius 1 is 1.32 bits per heavy atom. The third-order valence-corrected chi connectivity index (χ3v) is 5.61. The highest BCUT2D eigenvalue weighted by Gasteiger charge is 2.39. The van der Waals surface area contributed by atoms with Gasteiger partial charge in [-0.1, -0.05) is 6.07 Å². The van der Waals surface area contributed by atoms with Crippen molar-refractivity contribution in [1.82, 2.24) is 4.98 Å². The van der Waals surface area contributed by atoms with Gasteiger partial charge in [-0.25, -0.2) is 4.79 Å².